The van der Waals surface area contributed by atoms with E-state index in [4.69, 9.17) is 11.3 Å². The molecule has 0 atom stereocenters. The molecule has 18 rings (SSSR count). The Labute approximate surface area is 474 Å². The largest absolute Gasteiger partial charge is 0.455 e. The second-order valence-electron chi connectivity index (χ2n) is 21.4. The van der Waals surface area contributed by atoms with E-state index in [9.17, 15) is 0 Å². The van der Waals surface area contributed by atoms with Crippen LogP contribution in [-0.4, -0.2) is 0 Å². The van der Waals surface area contributed by atoms with E-state index in [0.29, 0.717) is 5.56 Å². The van der Waals surface area contributed by atoms with Crippen LogP contribution >= 0.6 is 0 Å². The average molecular weight is 1030 g/mol. The molecule has 374 valence electrons. The summed E-state index contributed by atoms with van der Waals surface area (Å²) in [6.45, 7) is 0. The van der Waals surface area contributed by atoms with E-state index in [2.05, 4.69) is 249 Å². The number of rotatable bonds is 5. The Bertz CT molecular complexity index is 5560. The van der Waals surface area contributed by atoms with E-state index in [1.807, 2.05) is 12.1 Å². The lowest BCUT2D eigenvalue weighted by Gasteiger charge is -2.18. The Morgan fingerprint density at radius 2 is 0.667 bits per heavy atom. The average Bonchev–Trinajstić information content (AvgIpc) is 1.56. The summed E-state index contributed by atoms with van der Waals surface area (Å²) in [6, 6.07) is 91.2. The fourth-order valence-electron chi connectivity index (χ4n) is 13.5. The van der Waals surface area contributed by atoms with Crippen LogP contribution in [0.2, 0.25) is 0 Å². The molecule has 1 heterocycles. The van der Waals surface area contributed by atoms with Crippen LogP contribution in [-0.2, 0) is 0 Å². The molecule has 0 aliphatic heterocycles. The Kier molecular flexibility index (Phi) is 9.01. The molecule has 0 bridgehead atoms. The standard InChI is InChI=1S/C44H26.C36H22O/c1-2-6-27(7-3-1)34-24-35(37-20-16-32-14-12-28-8-4-10-30-18-22-39(37)43(32)41(28)30)26-36(25-34)38-21-17-33-15-13-29-9-5-11-31-19-23-40(38)44(33)42(29)31;1-2-12-24(13-3-1)33-26-15-6-8-17-28(26)34(29-18-9-7-16-27(29)33)30-19-10-20-32-35(30)31-22-21-23-11-4-5-14-25(23)36(31)37-32/h1-26H;1-22H/i1D,2D,3D,6D,7D;. The van der Waals surface area contributed by atoms with Gasteiger partial charge in [0.05, 0.1) is 6.85 Å². The zero-order chi connectivity index (χ0) is 57.5. The molecule has 0 unspecified atom stereocenters. The SMILES string of the molecule is [2H]c1c([2H])c([2H])c(-c2cc(-c3ccc4ccc5cccc6ccc3c4c56)cc(-c3ccc4ccc5cccc6ccc3c4c56)c2)c([2H])c1[2H].c1ccc(-c2c3ccccc3c(-c3cccc4oc5c6ccccc6ccc5c34)c3ccccc23)cc1. The van der Waals surface area contributed by atoms with Crippen molar-refractivity contribution in [2.45, 2.75) is 0 Å². The van der Waals surface area contributed by atoms with Gasteiger partial charge in [0.1, 0.15) is 11.2 Å². The van der Waals surface area contributed by atoms with Crippen LogP contribution in [0.1, 0.15) is 6.85 Å². The van der Waals surface area contributed by atoms with Gasteiger partial charge in [-0.2, -0.15) is 0 Å². The first kappa shape index (κ1) is 40.6. The van der Waals surface area contributed by atoms with Crippen molar-refractivity contribution in [3.05, 3.63) is 291 Å². The molecule has 1 nitrogen and oxygen atoms in total. The van der Waals surface area contributed by atoms with Gasteiger partial charge < -0.3 is 4.42 Å². The van der Waals surface area contributed by atoms with Crippen molar-refractivity contribution in [2.75, 3.05) is 0 Å². The summed E-state index contributed by atoms with van der Waals surface area (Å²) in [5.74, 6) is 0. The monoisotopic (exact) mass is 1030 g/mol. The van der Waals surface area contributed by atoms with Crippen molar-refractivity contribution in [3.8, 4) is 55.6 Å². The maximum Gasteiger partial charge on any atom is 0.143 e. The van der Waals surface area contributed by atoms with E-state index in [1.165, 1.54) is 97.7 Å². The van der Waals surface area contributed by atoms with Crippen LogP contribution < -0.4 is 0 Å². The minimum atomic E-state index is -0.395. The maximum absolute atomic E-state index is 8.90. The third-order valence-corrected chi connectivity index (χ3v) is 17.1. The Morgan fingerprint density at radius 1 is 0.235 bits per heavy atom. The quantitative estimate of drug-likeness (QED) is 0.124. The smallest absolute Gasteiger partial charge is 0.143 e. The third kappa shape index (κ3) is 7.05. The van der Waals surface area contributed by atoms with Crippen molar-refractivity contribution < 1.29 is 11.3 Å². The summed E-state index contributed by atoms with van der Waals surface area (Å²) in [4.78, 5) is 0. The topological polar surface area (TPSA) is 13.1 Å². The van der Waals surface area contributed by atoms with Gasteiger partial charge in [0, 0.05) is 16.2 Å². The summed E-state index contributed by atoms with van der Waals surface area (Å²) in [5, 5.41) is 23.9. The lowest BCUT2D eigenvalue weighted by Crippen LogP contribution is -1.91. The predicted molar refractivity (Wildman–Crippen MR) is 347 cm³/mol. The molecule has 0 aliphatic carbocycles. The second-order valence-corrected chi connectivity index (χ2v) is 21.4. The Morgan fingerprint density at radius 3 is 1.25 bits per heavy atom. The summed E-state index contributed by atoms with van der Waals surface area (Å²) in [6.07, 6.45) is 0. The molecule has 81 heavy (non-hydrogen) atoms. The van der Waals surface area contributed by atoms with Crippen LogP contribution in [0.4, 0.5) is 0 Å². The van der Waals surface area contributed by atoms with Gasteiger partial charge in [-0.25, -0.2) is 0 Å². The number of benzene rings is 17. The van der Waals surface area contributed by atoms with Gasteiger partial charge >= 0.3 is 0 Å². The van der Waals surface area contributed by atoms with Crippen molar-refractivity contribution in [3.63, 3.8) is 0 Å². The number of fused-ring (bicyclic) bond motifs is 7. The van der Waals surface area contributed by atoms with Crippen molar-refractivity contribution in [2.24, 2.45) is 0 Å². The molecular weight excluding hydrogens is 977 g/mol. The molecule has 18 aromatic rings. The molecule has 0 fully saturated rings. The molecule has 0 amide bonds. The zero-order valence-corrected chi connectivity index (χ0v) is 43.7. The second kappa shape index (κ2) is 18.0. The van der Waals surface area contributed by atoms with Crippen LogP contribution in [0.25, 0.3) is 175 Å². The molecule has 17 aromatic carbocycles. The first-order valence-corrected chi connectivity index (χ1v) is 27.6. The lowest BCUT2D eigenvalue weighted by molar-refractivity contribution is 0.673. The zero-order valence-electron chi connectivity index (χ0n) is 48.7. The fourth-order valence-corrected chi connectivity index (χ4v) is 13.5. The molecule has 1 aromatic heterocycles. The summed E-state index contributed by atoms with van der Waals surface area (Å²) >= 11 is 0. The Balaban J connectivity index is 0.000000140. The van der Waals surface area contributed by atoms with Crippen LogP contribution in [0.3, 0.4) is 0 Å². The van der Waals surface area contributed by atoms with Gasteiger partial charge in [0.15, 0.2) is 0 Å². The molecule has 0 aliphatic rings. The molecule has 0 spiro atoms. The highest BCUT2D eigenvalue weighted by molar-refractivity contribution is 6.29. The van der Waals surface area contributed by atoms with Crippen molar-refractivity contribution in [1.29, 1.82) is 0 Å². The van der Waals surface area contributed by atoms with Crippen LogP contribution in [0.15, 0.2) is 295 Å². The molecular formula is C80H48O. The predicted octanol–water partition coefficient (Wildman–Crippen LogP) is 22.9. The van der Waals surface area contributed by atoms with Crippen molar-refractivity contribution in [1.82, 2.24) is 0 Å². The molecule has 0 saturated heterocycles. The number of hydrogen-bond acceptors (Lipinski definition) is 1. The summed E-state index contributed by atoms with van der Waals surface area (Å²) in [5.41, 5.74) is 11.5. The van der Waals surface area contributed by atoms with Gasteiger partial charge in [0.25, 0.3) is 0 Å². The maximum atomic E-state index is 8.90. The highest BCUT2D eigenvalue weighted by atomic mass is 16.3. The Hall–Kier alpha value is -10.6. The third-order valence-electron chi connectivity index (χ3n) is 17.1. The molecule has 0 saturated carbocycles. The fraction of sp³-hybridized carbons (Fsp3) is 0. The van der Waals surface area contributed by atoms with Gasteiger partial charge in [-0.15, -0.1) is 0 Å². The van der Waals surface area contributed by atoms with Gasteiger partial charge in [-0.3, -0.25) is 0 Å². The highest BCUT2D eigenvalue weighted by Crippen LogP contribution is 2.49. The lowest BCUT2D eigenvalue weighted by atomic mass is 9.85. The first-order chi connectivity index (χ1) is 42.3. The van der Waals surface area contributed by atoms with E-state index in [0.717, 1.165) is 65.7 Å². The summed E-state index contributed by atoms with van der Waals surface area (Å²) in [7, 11) is 0. The normalized spacial score (nSPS) is 12.8. The van der Waals surface area contributed by atoms with Gasteiger partial charge in [-0.05, 0) is 178 Å². The highest BCUT2D eigenvalue weighted by Gasteiger charge is 2.22. The minimum Gasteiger partial charge on any atom is -0.455 e. The molecule has 0 radical (unpaired) electrons. The van der Waals surface area contributed by atoms with Crippen molar-refractivity contribution >= 4 is 119 Å². The van der Waals surface area contributed by atoms with Crippen LogP contribution in [0, 0.1) is 0 Å². The van der Waals surface area contributed by atoms with E-state index in [-0.39, 0.29) is 29.7 Å². The minimum absolute atomic E-state index is 0.199. The van der Waals surface area contributed by atoms with E-state index >= 15 is 0 Å². The first-order valence-electron chi connectivity index (χ1n) is 30.1. The molecule has 0 N–H and O–H groups in total. The molecule has 1 heteroatoms. The number of furan rings is 1. The van der Waals surface area contributed by atoms with E-state index < -0.39 is 6.04 Å². The summed E-state index contributed by atoms with van der Waals surface area (Å²) < 4.78 is 49.5. The van der Waals surface area contributed by atoms with Gasteiger partial charge in [0.2, 0.25) is 0 Å². The van der Waals surface area contributed by atoms with E-state index in [1.54, 1.807) is 0 Å². The van der Waals surface area contributed by atoms with Crippen LogP contribution in [0.5, 0.6) is 0 Å². The van der Waals surface area contributed by atoms with Gasteiger partial charge in [-0.1, -0.05) is 261 Å². The number of hydrogen-bond donors (Lipinski definition) is 0.